The van der Waals surface area contributed by atoms with Crippen LogP contribution >= 0.6 is 0 Å². The summed E-state index contributed by atoms with van der Waals surface area (Å²) in [5, 5.41) is 0. The highest BCUT2D eigenvalue weighted by Gasteiger charge is 2.39. The number of nitrogens with zero attached hydrogens (tertiary/aromatic N) is 1. The molecule has 1 saturated heterocycles. The van der Waals surface area contributed by atoms with E-state index in [1.807, 2.05) is 0 Å². The second-order valence-corrected chi connectivity index (χ2v) is 6.51. The van der Waals surface area contributed by atoms with E-state index in [2.05, 4.69) is 43.0 Å². The number of benzene rings is 1. The van der Waals surface area contributed by atoms with Crippen LogP contribution < -0.4 is 5.73 Å². The lowest BCUT2D eigenvalue weighted by molar-refractivity contribution is -0.0725. The molecule has 0 spiro atoms. The Morgan fingerprint density at radius 2 is 2.05 bits per heavy atom. The van der Waals surface area contributed by atoms with Crippen molar-refractivity contribution in [3.05, 3.63) is 35.4 Å². The first kappa shape index (κ1) is 15.0. The van der Waals surface area contributed by atoms with Gasteiger partial charge in [-0.05, 0) is 43.7 Å². The van der Waals surface area contributed by atoms with Crippen LogP contribution in [0.15, 0.2) is 24.3 Å². The van der Waals surface area contributed by atoms with Crippen molar-refractivity contribution in [2.45, 2.75) is 63.8 Å². The topological polar surface area (TPSA) is 38.5 Å². The van der Waals surface area contributed by atoms with Crippen LogP contribution in [0.4, 0.5) is 0 Å². The Balaban J connectivity index is 1.72. The van der Waals surface area contributed by atoms with Crippen molar-refractivity contribution < 1.29 is 4.74 Å². The molecule has 4 atom stereocenters. The third-order valence-electron chi connectivity index (χ3n) is 5.34. The molecule has 0 amide bonds. The Hall–Kier alpha value is -0.900. The average molecular weight is 288 g/mol. The molecule has 1 aromatic carbocycles. The predicted octanol–water partition coefficient (Wildman–Crippen LogP) is 2.89. The molecule has 0 radical (unpaired) electrons. The van der Waals surface area contributed by atoms with Crippen LogP contribution in [0.5, 0.6) is 0 Å². The first-order valence-corrected chi connectivity index (χ1v) is 8.42. The smallest absolute Gasteiger partial charge is 0.0731 e. The molecule has 21 heavy (non-hydrogen) atoms. The van der Waals surface area contributed by atoms with E-state index in [9.17, 15) is 0 Å². The van der Waals surface area contributed by atoms with Crippen molar-refractivity contribution in [2.24, 2.45) is 5.73 Å². The predicted molar refractivity (Wildman–Crippen MR) is 86.3 cm³/mol. The quantitative estimate of drug-likeness (QED) is 0.926. The molecule has 116 valence electrons. The van der Waals surface area contributed by atoms with E-state index >= 15 is 0 Å². The maximum atomic E-state index is 6.56. The number of fused-ring (bicyclic) bond motifs is 1. The molecule has 2 fully saturated rings. The second kappa shape index (κ2) is 6.47. The SMILES string of the molecule is CCc1ccc(C(N)C(C)N2CCOC3CCCC32)cc1. The van der Waals surface area contributed by atoms with E-state index in [0.29, 0.717) is 18.2 Å². The normalized spacial score (nSPS) is 29.1. The molecule has 3 rings (SSSR count). The number of nitrogens with two attached hydrogens (primary N) is 1. The van der Waals surface area contributed by atoms with Crippen LogP contribution in [0.3, 0.4) is 0 Å². The van der Waals surface area contributed by atoms with Gasteiger partial charge in [-0.3, -0.25) is 4.90 Å². The molecule has 1 saturated carbocycles. The van der Waals surface area contributed by atoms with Crippen molar-refractivity contribution >= 4 is 0 Å². The van der Waals surface area contributed by atoms with E-state index in [4.69, 9.17) is 10.5 Å². The fourth-order valence-electron chi connectivity index (χ4n) is 3.92. The van der Waals surface area contributed by atoms with E-state index < -0.39 is 0 Å². The van der Waals surface area contributed by atoms with E-state index in [1.54, 1.807) is 0 Å². The summed E-state index contributed by atoms with van der Waals surface area (Å²) in [5.74, 6) is 0. The molecule has 0 aromatic heterocycles. The number of ether oxygens (including phenoxy) is 1. The lowest BCUT2D eigenvalue weighted by atomic mass is 9.96. The summed E-state index contributed by atoms with van der Waals surface area (Å²) in [6.07, 6.45) is 5.29. The standard InChI is InChI=1S/C18H28N2O/c1-3-14-7-9-15(10-8-14)18(19)13(2)20-11-12-21-17-6-4-5-16(17)20/h7-10,13,16-18H,3-6,11-12,19H2,1-2H3. The van der Waals surface area contributed by atoms with Gasteiger partial charge in [0.05, 0.1) is 12.7 Å². The van der Waals surface area contributed by atoms with Crippen LogP contribution in [0, 0.1) is 0 Å². The number of hydrogen-bond acceptors (Lipinski definition) is 3. The van der Waals surface area contributed by atoms with Crippen molar-refractivity contribution in [2.75, 3.05) is 13.2 Å². The van der Waals surface area contributed by atoms with Crippen molar-refractivity contribution in [1.29, 1.82) is 0 Å². The summed E-state index contributed by atoms with van der Waals surface area (Å²) in [4.78, 5) is 2.60. The average Bonchev–Trinajstić information content (AvgIpc) is 3.02. The molecular weight excluding hydrogens is 260 g/mol. The van der Waals surface area contributed by atoms with Crippen LogP contribution in [-0.4, -0.2) is 36.2 Å². The molecule has 2 aliphatic rings. The fourth-order valence-corrected chi connectivity index (χ4v) is 3.92. The Labute approximate surface area is 128 Å². The summed E-state index contributed by atoms with van der Waals surface area (Å²) in [6, 6.07) is 9.84. The highest BCUT2D eigenvalue weighted by molar-refractivity contribution is 5.26. The maximum absolute atomic E-state index is 6.56. The van der Waals surface area contributed by atoms with E-state index in [-0.39, 0.29) is 6.04 Å². The number of rotatable bonds is 4. The molecule has 1 aliphatic carbocycles. The summed E-state index contributed by atoms with van der Waals surface area (Å²) in [6.45, 7) is 6.33. The van der Waals surface area contributed by atoms with Gasteiger partial charge in [0.25, 0.3) is 0 Å². The van der Waals surface area contributed by atoms with Crippen molar-refractivity contribution in [3.8, 4) is 0 Å². The number of hydrogen-bond donors (Lipinski definition) is 1. The Morgan fingerprint density at radius 1 is 1.29 bits per heavy atom. The maximum Gasteiger partial charge on any atom is 0.0731 e. The zero-order valence-electron chi connectivity index (χ0n) is 13.3. The van der Waals surface area contributed by atoms with Crippen molar-refractivity contribution in [1.82, 2.24) is 4.90 Å². The van der Waals surface area contributed by atoms with Crippen LogP contribution in [-0.2, 0) is 11.2 Å². The first-order chi connectivity index (χ1) is 10.2. The molecule has 0 bridgehead atoms. The van der Waals surface area contributed by atoms with Gasteiger partial charge in [-0.1, -0.05) is 31.2 Å². The van der Waals surface area contributed by atoms with Gasteiger partial charge in [-0.25, -0.2) is 0 Å². The van der Waals surface area contributed by atoms with Gasteiger partial charge in [0.15, 0.2) is 0 Å². The largest absolute Gasteiger partial charge is 0.375 e. The zero-order valence-corrected chi connectivity index (χ0v) is 13.3. The second-order valence-electron chi connectivity index (χ2n) is 6.51. The molecule has 1 aromatic rings. The van der Waals surface area contributed by atoms with Crippen LogP contribution in [0.2, 0.25) is 0 Å². The van der Waals surface area contributed by atoms with E-state index in [1.165, 1.54) is 30.4 Å². The van der Waals surface area contributed by atoms with Gasteiger partial charge >= 0.3 is 0 Å². The highest BCUT2D eigenvalue weighted by Crippen LogP contribution is 2.33. The molecule has 1 heterocycles. The van der Waals surface area contributed by atoms with Gasteiger partial charge in [-0.15, -0.1) is 0 Å². The zero-order chi connectivity index (χ0) is 14.8. The van der Waals surface area contributed by atoms with Gasteiger partial charge in [-0.2, -0.15) is 0 Å². The number of morpholine rings is 1. The minimum atomic E-state index is 0.0789. The summed E-state index contributed by atoms with van der Waals surface area (Å²) in [5.41, 5.74) is 9.19. The van der Waals surface area contributed by atoms with Gasteiger partial charge in [0.2, 0.25) is 0 Å². The molecule has 3 heteroatoms. The third kappa shape index (κ3) is 3.01. The molecule has 4 unspecified atom stereocenters. The van der Waals surface area contributed by atoms with Gasteiger partial charge in [0, 0.05) is 24.7 Å². The van der Waals surface area contributed by atoms with Gasteiger partial charge < -0.3 is 10.5 Å². The fraction of sp³-hybridized carbons (Fsp3) is 0.667. The Bertz CT molecular complexity index is 459. The lowest BCUT2D eigenvalue weighted by Crippen LogP contribution is -2.54. The van der Waals surface area contributed by atoms with Gasteiger partial charge in [0.1, 0.15) is 0 Å². The highest BCUT2D eigenvalue weighted by atomic mass is 16.5. The summed E-state index contributed by atoms with van der Waals surface area (Å²) in [7, 11) is 0. The number of aryl methyl sites for hydroxylation is 1. The monoisotopic (exact) mass is 288 g/mol. The summed E-state index contributed by atoms with van der Waals surface area (Å²) < 4.78 is 5.92. The minimum Gasteiger partial charge on any atom is -0.375 e. The molecule has 1 aliphatic heterocycles. The minimum absolute atomic E-state index is 0.0789. The molecule has 3 nitrogen and oxygen atoms in total. The van der Waals surface area contributed by atoms with Crippen LogP contribution in [0.25, 0.3) is 0 Å². The summed E-state index contributed by atoms with van der Waals surface area (Å²) >= 11 is 0. The van der Waals surface area contributed by atoms with Crippen molar-refractivity contribution in [3.63, 3.8) is 0 Å². The van der Waals surface area contributed by atoms with Crippen LogP contribution in [0.1, 0.15) is 50.3 Å². The van der Waals surface area contributed by atoms with E-state index in [0.717, 1.165) is 19.6 Å². The molecule has 2 N–H and O–H groups in total. The third-order valence-corrected chi connectivity index (χ3v) is 5.34. The Kier molecular flexibility index (Phi) is 4.63. The first-order valence-electron chi connectivity index (χ1n) is 8.42. The lowest BCUT2D eigenvalue weighted by Gasteiger charge is -2.43. The molecular formula is C18H28N2O. The Morgan fingerprint density at radius 3 is 2.76 bits per heavy atom.